The van der Waals surface area contributed by atoms with Crippen LogP contribution >= 0.6 is 0 Å². The first kappa shape index (κ1) is 14.8. The molecule has 0 aromatic carbocycles. The summed E-state index contributed by atoms with van der Waals surface area (Å²) in [6.45, 7) is 16.2. The summed E-state index contributed by atoms with van der Waals surface area (Å²) in [6, 6.07) is 0. The van der Waals surface area contributed by atoms with Gasteiger partial charge in [0.2, 0.25) is 0 Å². The lowest BCUT2D eigenvalue weighted by molar-refractivity contribution is 0.443. The van der Waals surface area contributed by atoms with Gasteiger partial charge in [0, 0.05) is 17.9 Å². The number of hydrogen-bond donors (Lipinski definition) is 0. The van der Waals surface area contributed by atoms with Crippen molar-refractivity contribution in [2.24, 2.45) is 5.41 Å². The van der Waals surface area contributed by atoms with Gasteiger partial charge in [-0.2, -0.15) is 0 Å². The van der Waals surface area contributed by atoms with Crippen LogP contribution in [0.2, 0.25) is 0 Å². The van der Waals surface area contributed by atoms with E-state index >= 15 is 0 Å². The van der Waals surface area contributed by atoms with Crippen molar-refractivity contribution in [1.29, 1.82) is 0 Å². The topological polar surface area (TPSA) is 3.24 Å². The van der Waals surface area contributed by atoms with E-state index in [1.54, 1.807) is 0 Å². The molecule has 0 heterocycles. The van der Waals surface area contributed by atoms with Crippen molar-refractivity contribution in [3.05, 3.63) is 47.9 Å². The SMILES string of the molecule is C=C(CC)N(CC)C1=C/C(C)=C/CC(C)(C)/C=C\1. The van der Waals surface area contributed by atoms with Crippen LogP contribution in [0.3, 0.4) is 0 Å². The minimum absolute atomic E-state index is 0.230. The molecule has 0 spiro atoms. The van der Waals surface area contributed by atoms with Crippen LogP contribution < -0.4 is 0 Å². The molecule has 1 aliphatic rings. The predicted octanol–water partition coefficient (Wildman–Crippen LogP) is 5.05. The molecule has 0 aliphatic heterocycles. The van der Waals surface area contributed by atoms with Crippen LogP contribution in [0.4, 0.5) is 0 Å². The summed E-state index contributed by atoms with van der Waals surface area (Å²) in [5.41, 5.74) is 4.00. The van der Waals surface area contributed by atoms with Crippen LogP contribution in [0.25, 0.3) is 0 Å². The zero-order valence-corrected chi connectivity index (χ0v) is 12.6. The average Bonchev–Trinajstić information content (AvgIpc) is 2.32. The van der Waals surface area contributed by atoms with E-state index in [0.717, 1.165) is 19.4 Å². The van der Waals surface area contributed by atoms with Crippen LogP contribution in [0.5, 0.6) is 0 Å². The quantitative estimate of drug-likeness (QED) is 0.670. The van der Waals surface area contributed by atoms with Crippen molar-refractivity contribution in [2.45, 2.75) is 47.5 Å². The molecular formula is C17H27N. The fraction of sp³-hybridized carbons (Fsp3) is 0.529. The Morgan fingerprint density at radius 1 is 1.39 bits per heavy atom. The molecule has 100 valence electrons. The first-order valence-corrected chi connectivity index (χ1v) is 6.92. The Morgan fingerprint density at radius 3 is 2.61 bits per heavy atom. The summed E-state index contributed by atoms with van der Waals surface area (Å²) < 4.78 is 0. The molecule has 0 atom stereocenters. The summed E-state index contributed by atoms with van der Waals surface area (Å²) in [5.74, 6) is 0. The molecular weight excluding hydrogens is 218 g/mol. The third-order valence-electron chi connectivity index (χ3n) is 3.45. The molecule has 0 N–H and O–H groups in total. The van der Waals surface area contributed by atoms with Gasteiger partial charge in [-0.25, -0.2) is 0 Å². The van der Waals surface area contributed by atoms with Gasteiger partial charge in [-0.15, -0.1) is 0 Å². The second-order valence-electron chi connectivity index (χ2n) is 5.71. The molecule has 0 aromatic rings. The third kappa shape index (κ3) is 3.90. The van der Waals surface area contributed by atoms with Gasteiger partial charge in [0.25, 0.3) is 0 Å². The largest absolute Gasteiger partial charge is 0.346 e. The molecule has 1 heteroatoms. The highest BCUT2D eigenvalue weighted by Crippen LogP contribution is 2.28. The van der Waals surface area contributed by atoms with Crippen molar-refractivity contribution in [1.82, 2.24) is 4.90 Å². The minimum atomic E-state index is 0.230. The average molecular weight is 245 g/mol. The Kier molecular flexibility index (Phi) is 5.01. The number of likely N-dealkylation sites (N-methyl/N-ethyl adjacent to an activating group) is 1. The monoisotopic (exact) mass is 245 g/mol. The lowest BCUT2D eigenvalue weighted by Gasteiger charge is -2.28. The molecule has 0 fully saturated rings. The summed E-state index contributed by atoms with van der Waals surface area (Å²) in [7, 11) is 0. The standard InChI is InChI=1S/C17H27N/c1-7-15(4)18(8-2)16-10-12-17(5,6)11-9-14(3)13-16/h9-10,12-13H,4,7-8,11H2,1-3,5-6H3/b12-10-,14-9+,16-13+. The highest BCUT2D eigenvalue weighted by atomic mass is 15.1. The lowest BCUT2D eigenvalue weighted by Crippen LogP contribution is -2.21. The zero-order chi connectivity index (χ0) is 13.8. The normalized spacial score (nSPS) is 26.1. The molecule has 0 bridgehead atoms. The highest BCUT2D eigenvalue weighted by molar-refractivity contribution is 5.33. The first-order valence-electron chi connectivity index (χ1n) is 6.92. The van der Waals surface area contributed by atoms with Gasteiger partial charge in [0.15, 0.2) is 0 Å². The van der Waals surface area contributed by atoms with E-state index in [-0.39, 0.29) is 5.41 Å². The molecule has 0 radical (unpaired) electrons. The summed E-state index contributed by atoms with van der Waals surface area (Å²) in [5, 5.41) is 0. The van der Waals surface area contributed by atoms with Gasteiger partial charge in [0.1, 0.15) is 0 Å². The van der Waals surface area contributed by atoms with Crippen molar-refractivity contribution in [2.75, 3.05) is 6.54 Å². The Hall–Kier alpha value is -1.24. The number of nitrogens with zero attached hydrogens (tertiary/aromatic N) is 1. The van der Waals surface area contributed by atoms with Crippen LogP contribution in [0.1, 0.15) is 47.5 Å². The van der Waals surface area contributed by atoms with Crippen LogP contribution in [0.15, 0.2) is 47.9 Å². The van der Waals surface area contributed by atoms with Gasteiger partial charge in [-0.05, 0) is 44.3 Å². The van der Waals surface area contributed by atoms with Crippen molar-refractivity contribution >= 4 is 0 Å². The molecule has 0 aromatic heterocycles. The Labute approximate surface area is 113 Å². The molecule has 18 heavy (non-hydrogen) atoms. The fourth-order valence-corrected chi connectivity index (χ4v) is 2.09. The first-order chi connectivity index (χ1) is 8.39. The van der Waals surface area contributed by atoms with Crippen LogP contribution in [-0.4, -0.2) is 11.4 Å². The summed E-state index contributed by atoms with van der Waals surface area (Å²) >= 11 is 0. The maximum Gasteiger partial charge on any atom is 0.0407 e. The van der Waals surface area contributed by atoms with E-state index in [2.05, 4.69) is 70.4 Å². The molecule has 0 amide bonds. The maximum absolute atomic E-state index is 4.17. The Balaban J connectivity index is 3.11. The molecule has 0 unspecified atom stereocenters. The second kappa shape index (κ2) is 6.08. The van der Waals surface area contributed by atoms with E-state index in [9.17, 15) is 0 Å². The van der Waals surface area contributed by atoms with Gasteiger partial charge in [-0.1, -0.05) is 45.1 Å². The van der Waals surface area contributed by atoms with Crippen molar-refractivity contribution in [3.63, 3.8) is 0 Å². The van der Waals surface area contributed by atoms with Gasteiger partial charge < -0.3 is 4.90 Å². The zero-order valence-electron chi connectivity index (χ0n) is 12.6. The third-order valence-corrected chi connectivity index (χ3v) is 3.45. The number of rotatable bonds is 4. The Morgan fingerprint density at radius 2 is 2.06 bits per heavy atom. The molecule has 0 saturated heterocycles. The Bertz CT molecular complexity index is 394. The molecule has 1 nitrogen and oxygen atoms in total. The van der Waals surface area contributed by atoms with E-state index in [4.69, 9.17) is 0 Å². The van der Waals surface area contributed by atoms with Crippen molar-refractivity contribution < 1.29 is 0 Å². The minimum Gasteiger partial charge on any atom is -0.346 e. The summed E-state index contributed by atoms with van der Waals surface area (Å²) in [6.07, 6.45) is 11.2. The second-order valence-corrected chi connectivity index (χ2v) is 5.71. The van der Waals surface area contributed by atoms with E-state index < -0.39 is 0 Å². The van der Waals surface area contributed by atoms with Crippen LogP contribution in [-0.2, 0) is 0 Å². The highest BCUT2D eigenvalue weighted by Gasteiger charge is 2.16. The molecule has 1 rings (SSSR count). The molecule has 1 aliphatic carbocycles. The van der Waals surface area contributed by atoms with E-state index in [1.807, 2.05) is 0 Å². The maximum atomic E-state index is 4.17. The van der Waals surface area contributed by atoms with Crippen molar-refractivity contribution in [3.8, 4) is 0 Å². The predicted molar refractivity (Wildman–Crippen MR) is 81.2 cm³/mol. The van der Waals surface area contributed by atoms with Gasteiger partial charge in [0.05, 0.1) is 0 Å². The van der Waals surface area contributed by atoms with Gasteiger partial charge >= 0.3 is 0 Å². The lowest BCUT2D eigenvalue weighted by atomic mass is 9.86. The summed E-state index contributed by atoms with van der Waals surface area (Å²) in [4.78, 5) is 2.30. The van der Waals surface area contributed by atoms with Crippen LogP contribution in [0, 0.1) is 5.41 Å². The van der Waals surface area contributed by atoms with Gasteiger partial charge in [-0.3, -0.25) is 0 Å². The molecule has 0 saturated carbocycles. The smallest absolute Gasteiger partial charge is 0.0407 e. The van der Waals surface area contributed by atoms with E-state index in [0.29, 0.717) is 0 Å². The number of hydrogen-bond acceptors (Lipinski definition) is 1. The van der Waals surface area contributed by atoms with E-state index in [1.165, 1.54) is 17.0 Å². The fourth-order valence-electron chi connectivity index (χ4n) is 2.09. The number of allylic oxidation sites excluding steroid dienone is 6.